The summed E-state index contributed by atoms with van der Waals surface area (Å²) < 4.78 is 5.89. The lowest BCUT2D eigenvalue weighted by atomic mass is 9.94. The van der Waals surface area contributed by atoms with E-state index in [1.807, 2.05) is 36.5 Å². The van der Waals surface area contributed by atoms with Crippen LogP contribution in [0.4, 0.5) is 0 Å². The molecule has 0 atom stereocenters. The standard InChI is InChI=1S/C21H21NO/c1-14(2)16-10-17-12-21(23-18-6-4-3-5-7-18)22-13-20(17)19(11-16)15-8-9-15/h3-7,10-15H,8-9H2,1-2H3. The van der Waals surface area contributed by atoms with E-state index in [-0.39, 0.29) is 0 Å². The summed E-state index contributed by atoms with van der Waals surface area (Å²) in [6.45, 7) is 4.50. The Balaban J connectivity index is 1.78. The molecule has 4 rings (SSSR count). The van der Waals surface area contributed by atoms with Crippen LogP contribution in [0.25, 0.3) is 10.8 Å². The molecule has 1 saturated carbocycles. The topological polar surface area (TPSA) is 22.1 Å². The van der Waals surface area contributed by atoms with E-state index in [0.717, 1.165) is 11.7 Å². The zero-order chi connectivity index (χ0) is 15.8. The van der Waals surface area contributed by atoms with E-state index in [4.69, 9.17) is 4.74 Å². The summed E-state index contributed by atoms with van der Waals surface area (Å²) in [4.78, 5) is 4.53. The summed E-state index contributed by atoms with van der Waals surface area (Å²) in [5, 5.41) is 2.51. The lowest BCUT2D eigenvalue weighted by molar-refractivity contribution is 0.464. The Hall–Kier alpha value is -2.35. The van der Waals surface area contributed by atoms with E-state index < -0.39 is 0 Å². The second kappa shape index (κ2) is 5.69. The normalized spacial score (nSPS) is 14.4. The van der Waals surface area contributed by atoms with Gasteiger partial charge in [-0.1, -0.05) is 44.2 Å². The van der Waals surface area contributed by atoms with Crippen LogP contribution in [-0.4, -0.2) is 4.98 Å². The lowest BCUT2D eigenvalue weighted by Gasteiger charge is -2.13. The van der Waals surface area contributed by atoms with Crippen molar-refractivity contribution in [3.8, 4) is 11.6 Å². The van der Waals surface area contributed by atoms with Gasteiger partial charge in [0.05, 0.1) is 0 Å². The lowest BCUT2D eigenvalue weighted by Crippen LogP contribution is -1.94. The van der Waals surface area contributed by atoms with E-state index in [1.165, 1.54) is 34.7 Å². The molecule has 1 aromatic heterocycles. The molecule has 1 aliphatic carbocycles. The maximum absolute atomic E-state index is 5.89. The van der Waals surface area contributed by atoms with Crippen molar-refractivity contribution in [3.05, 3.63) is 65.9 Å². The van der Waals surface area contributed by atoms with Crippen molar-refractivity contribution >= 4 is 10.8 Å². The van der Waals surface area contributed by atoms with E-state index in [0.29, 0.717) is 11.8 Å². The van der Waals surface area contributed by atoms with Crippen LogP contribution in [0.1, 0.15) is 49.7 Å². The van der Waals surface area contributed by atoms with Crippen LogP contribution < -0.4 is 4.74 Å². The van der Waals surface area contributed by atoms with Crippen LogP contribution in [0.3, 0.4) is 0 Å². The number of fused-ring (bicyclic) bond motifs is 1. The molecule has 1 aliphatic rings. The summed E-state index contributed by atoms with van der Waals surface area (Å²) in [5.74, 6) is 2.73. The fourth-order valence-electron chi connectivity index (χ4n) is 3.02. The number of para-hydroxylation sites is 1. The fraction of sp³-hybridized carbons (Fsp3) is 0.286. The van der Waals surface area contributed by atoms with Crippen LogP contribution in [0, 0.1) is 0 Å². The number of nitrogens with zero attached hydrogens (tertiary/aromatic N) is 1. The molecule has 0 aliphatic heterocycles. The minimum absolute atomic E-state index is 0.531. The first-order valence-corrected chi connectivity index (χ1v) is 8.37. The van der Waals surface area contributed by atoms with E-state index in [9.17, 15) is 0 Å². The van der Waals surface area contributed by atoms with Crippen molar-refractivity contribution in [1.82, 2.24) is 4.98 Å². The maximum atomic E-state index is 5.89. The van der Waals surface area contributed by atoms with Gasteiger partial charge in [0.2, 0.25) is 5.88 Å². The van der Waals surface area contributed by atoms with Crippen molar-refractivity contribution in [3.63, 3.8) is 0 Å². The smallest absolute Gasteiger partial charge is 0.219 e. The highest BCUT2D eigenvalue weighted by Gasteiger charge is 2.26. The van der Waals surface area contributed by atoms with Gasteiger partial charge in [0.1, 0.15) is 5.75 Å². The molecule has 0 spiro atoms. The minimum atomic E-state index is 0.531. The zero-order valence-electron chi connectivity index (χ0n) is 13.6. The van der Waals surface area contributed by atoms with Crippen LogP contribution in [-0.2, 0) is 0 Å². The molecule has 0 saturated heterocycles. The largest absolute Gasteiger partial charge is 0.439 e. The third kappa shape index (κ3) is 2.94. The molecule has 1 fully saturated rings. The van der Waals surface area contributed by atoms with Crippen molar-refractivity contribution in [2.24, 2.45) is 0 Å². The van der Waals surface area contributed by atoms with Crippen molar-refractivity contribution in [2.45, 2.75) is 38.5 Å². The van der Waals surface area contributed by atoms with Crippen LogP contribution in [0.2, 0.25) is 0 Å². The van der Waals surface area contributed by atoms with Crippen LogP contribution >= 0.6 is 0 Å². The number of benzene rings is 2. The highest BCUT2D eigenvalue weighted by molar-refractivity contribution is 5.87. The predicted molar refractivity (Wildman–Crippen MR) is 94.3 cm³/mol. The SMILES string of the molecule is CC(C)c1cc(C2CC2)c2cnc(Oc3ccccc3)cc2c1. The highest BCUT2D eigenvalue weighted by Crippen LogP contribution is 2.44. The summed E-state index contributed by atoms with van der Waals surface area (Å²) in [6.07, 6.45) is 4.59. The van der Waals surface area contributed by atoms with Crippen LogP contribution in [0.15, 0.2) is 54.7 Å². The number of rotatable bonds is 4. The van der Waals surface area contributed by atoms with Crippen molar-refractivity contribution in [2.75, 3.05) is 0 Å². The van der Waals surface area contributed by atoms with Gasteiger partial charge in [0.15, 0.2) is 0 Å². The molecule has 0 N–H and O–H groups in total. The Labute approximate surface area is 137 Å². The first-order valence-electron chi connectivity index (χ1n) is 8.37. The molecule has 0 radical (unpaired) electrons. The van der Waals surface area contributed by atoms with Crippen LogP contribution in [0.5, 0.6) is 11.6 Å². The number of aromatic nitrogens is 1. The predicted octanol–water partition coefficient (Wildman–Crippen LogP) is 6.03. The molecule has 23 heavy (non-hydrogen) atoms. The Morgan fingerprint density at radius 2 is 1.83 bits per heavy atom. The Bertz CT molecular complexity index is 835. The monoisotopic (exact) mass is 303 g/mol. The number of pyridine rings is 1. The molecular weight excluding hydrogens is 282 g/mol. The van der Waals surface area contributed by atoms with Gasteiger partial charge in [-0.15, -0.1) is 0 Å². The summed E-state index contributed by atoms with van der Waals surface area (Å²) in [5.41, 5.74) is 2.86. The minimum Gasteiger partial charge on any atom is -0.439 e. The van der Waals surface area contributed by atoms with Gasteiger partial charge in [0, 0.05) is 17.6 Å². The van der Waals surface area contributed by atoms with E-state index in [1.54, 1.807) is 0 Å². The Morgan fingerprint density at radius 1 is 1.04 bits per heavy atom. The van der Waals surface area contributed by atoms with E-state index in [2.05, 4.69) is 37.0 Å². The second-order valence-electron chi connectivity index (χ2n) is 6.70. The first kappa shape index (κ1) is 14.3. The highest BCUT2D eigenvalue weighted by atomic mass is 16.5. The molecule has 116 valence electrons. The number of hydrogen-bond donors (Lipinski definition) is 0. The average Bonchev–Trinajstić information content (AvgIpc) is 3.39. The molecule has 0 unspecified atom stereocenters. The van der Waals surface area contributed by atoms with Gasteiger partial charge in [-0.05, 0) is 53.3 Å². The molecule has 0 bridgehead atoms. The molecule has 2 aromatic carbocycles. The quantitative estimate of drug-likeness (QED) is 0.587. The summed E-state index contributed by atoms with van der Waals surface area (Å²) in [6, 6.07) is 16.6. The fourth-order valence-corrected chi connectivity index (χ4v) is 3.02. The molecule has 3 aromatic rings. The number of hydrogen-bond acceptors (Lipinski definition) is 2. The first-order chi connectivity index (χ1) is 11.2. The third-order valence-electron chi connectivity index (χ3n) is 4.52. The molecule has 0 amide bonds. The van der Waals surface area contributed by atoms with Gasteiger partial charge in [-0.25, -0.2) is 4.98 Å². The van der Waals surface area contributed by atoms with Gasteiger partial charge in [-0.3, -0.25) is 0 Å². The molecule has 2 nitrogen and oxygen atoms in total. The van der Waals surface area contributed by atoms with E-state index >= 15 is 0 Å². The van der Waals surface area contributed by atoms with Gasteiger partial charge in [-0.2, -0.15) is 0 Å². The maximum Gasteiger partial charge on any atom is 0.219 e. The number of ether oxygens (including phenoxy) is 1. The third-order valence-corrected chi connectivity index (χ3v) is 4.52. The van der Waals surface area contributed by atoms with Crippen molar-refractivity contribution in [1.29, 1.82) is 0 Å². The Morgan fingerprint density at radius 3 is 2.52 bits per heavy atom. The second-order valence-corrected chi connectivity index (χ2v) is 6.70. The summed E-state index contributed by atoms with van der Waals surface area (Å²) in [7, 11) is 0. The van der Waals surface area contributed by atoms with Gasteiger partial charge >= 0.3 is 0 Å². The van der Waals surface area contributed by atoms with Crippen molar-refractivity contribution < 1.29 is 4.74 Å². The van der Waals surface area contributed by atoms with Gasteiger partial charge < -0.3 is 4.74 Å². The Kier molecular flexibility index (Phi) is 3.53. The molecule has 1 heterocycles. The zero-order valence-corrected chi connectivity index (χ0v) is 13.6. The summed E-state index contributed by atoms with van der Waals surface area (Å²) >= 11 is 0. The van der Waals surface area contributed by atoms with Gasteiger partial charge in [0.25, 0.3) is 0 Å². The molecule has 2 heteroatoms. The molecular formula is C21H21NO. The average molecular weight is 303 g/mol.